The molecule has 1 unspecified atom stereocenters. The van der Waals surface area contributed by atoms with Gasteiger partial charge in [-0.25, -0.2) is 19.3 Å². The summed E-state index contributed by atoms with van der Waals surface area (Å²) in [7, 11) is 0. The Hall–Kier alpha value is -6.27. The van der Waals surface area contributed by atoms with Crippen molar-refractivity contribution in [2.24, 2.45) is 0 Å². The Morgan fingerprint density at radius 3 is 2.18 bits per heavy atom. The number of carbonyl (C=O) groups is 6. The quantitative estimate of drug-likeness (QED) is 0.191. The molecule has 4 rings (SSSR count). The Morgan fingerprint density at radius 1 is 0.927 bits per heavy atom. The van der Waals surface area contributed by atoms with Gasteiger partial charge in [0.05, 0.1) is 30.3 Å². The van der Waals surface area contributed by atoms with Crippen molar-refractivity contribution >= 4 is 47.3 Å². The molecule has 1 N–H and O–H groups in total. The average molecular weight is 757 g/mol. The van der Waals surface area contributed by atoms with Crippen LogP contribution in [0.25, 0.3) is 0 Å². The lowest BCUT2D eigenvalue weighted by molar-refractivity contribution is -0.167. The number of morpholine rings is 1. The molecule has 3 aromatic carbocycles. The van der Waals surface area contributed by atoms with Crippen molar-refractivity contribution in [1.29, 1.82) is 5.26 Å². The molecule has 15 heteroatoms. The Labute approximate surface area is 319 Å². The highest BCUT2D eigenvalue weighted by Crippen LogP contribution is 2.26. The van der Waals surface area contributed by atoms with Crippen molar-refractivity contribution in [1.82, 2.24) is 4.90 Å². The molecule has 55 heavy (non-hydrogen) atoms. The molecule has 0 saturated carbocycles. The van der Waals surface area contributed by atoms with E-state index >= 15 is 0 Å². The van der Waals surface area contributed by atoms with Gasteiger partial charge in [-0.1, -0.05) is 36.4 Å². The van der Waals surface area contributed by atoms with Gasteiger partial charge < -0.3 is 33.9 Å². The molecule has 1 heterocycles. The number of amides is 4. The average Bonchev–Trinajstić information content (AvgIpc) is 3.11. The summed E-state index contributed by atoms with van der Waals surface area (Å²) in [5.74, 6) is -3.14. The van der Waals surface area contributed by atoms with Crippen molar-refractivity contribution in [2.45, 2.75) is 85.0 Å². The van der Waals surface area contributed by atoms with Crippen molar-refractivity contribution in [3.63, 3.8) is 0 Å². The van der Waals surface area contributed by atoms with Crippen LogP contribution in [-0.2, 0) is 51.2 Å². The van der Waals surface area contributed by atoms with Crippen LogP contribution in [-0.4, -0.2) is 77.4 Å². The maximum absolute atomic E-state index is 13.9. The number of carbonyl (C=O) groups excluding carboxylic acids is 6. The number of esters is 2. The molecule has 1 fully saturated rings. The molecule has 290 valence electrons. The molecular formula is C40H44N4O11. The van der Waals surface area contributed by atoms with Crippen LogP contribution < -0.4 is 10.2 Å². The van der Waals surface area contributed by atoms with E-state index in [1.165, 1.54) is 29.2 Å². The third kappa shape index (κ3) is 11.9. The summed E-state index contributed by atoms with van der Waals surface area (Å²) in [6.45, 7) is 10.4. The van der Waals surface area contributed by atoms with E-state index in [-0.39, 0.29) is 42.1 Å². The highest BCUT2D eigenvalue weighted by Gasteiger charge is 2.43. The van der Waals surface area contributed by atoms with Gasteiger partial charge in [0.1, 0.15) is 17.8 Å². The van der Waals surface area contributed by atoms with Gasteiger partial charge in [-0.2, -0.15) is 5.26 Å². The van der Waals surface area contributed by atoms with Crippen molar-refractivity contribution < 1.29 is 52.5 Å². The highest BCUT2D eigenvalue weighted by molar-refractivity contribution is 6.05. The number of hydrogen-bond acceptors (Lipinski definition) is 12. The summed E-state index contributed by atoms with van der Waals surface area (Å²) in [6, 6.07) is 21.4. The zero-order valence-electron chi connectivity index (χ0n) is 31.7. The number of anilines is 2. The first-order valence-corrected chi connectivity index (χ1v) is 17.3. The van der Waals surface area contributed by atoms with E-state index < -0.39 is 65.9 Å². The first-order valence-electron chi connectivity index (χ1n) is 17.3. The van der Waals surface area contributed by atoms with E-state index in [4.69, 9.17) is 23.7 Å². The number of nitriles is 1. The van der Waals surface area contributed by atoms with Gasteiger partial charge in [0.15, 0.2) is 6.10 Å². The second kappa shape index (κ2) is 17.7. The molecule has 4 amide bonds. The van der Waals surface area contributed by atoms with Crippen LogP contribution >= 0.6 is 0 Å². The van der Waals surface area contributed by atoms with Crippen LogP contribution in [0.5, 0.6) is 0 Å². The van der Waals surface area contributed by atoms with E-state index in [2.05, 4.69) is 5.32 Å². The molecule has 0 radical (unpaired) electrons. The minimum atomic E-state index is -1.77. The van der Waals surface area contributed by atoms with Gasteiger partial charge in [0, 0.05) is 24.8 Å². The molecule has 0 bridgehead atoms. The molecule has 1 aliphatic rings. The molecule has 0 aliphatic carbocycles. The van der Waals surface area contributed by atoms with Gasteiger partial charge in [-0.15, -0.1) is 0 Å². The summed E-state index contributed by atoms with van der Waals surface area (Å²) in [5.41, 5.74) is -0.346. The summed E-state index contributed by atoms with van der Waals surface area (Å²) in [5, 5.41) is 12.4. The zero-order valence-corrected chi connectivity index (χ0v) is 31.7. The Morgan fingerprint density at radius 2 is 1.58 bits per heavy atom. The summed E-state index contributed by atoms with van der Waals surface area (Å²) >= 11 is 0. The fourth-order valence-electron chi connectivity index (χ4n) is 5.25. The topological polar surface area (TPSA) is 191 Å². The Balaban J connectivity index is 1.56. The predicted octanol–water partition coefficient (Wildman–Crippen LogP) is 5.89. The van der Waals surface area contributed by atoms with Gasteiger partial charge in [-0.3, -0.25) is 14.4 Å². The maximum Gasteiger partial charge on any atom is 0.420 e. The van der Waals surface area contributed by atoms with Crippen molar-refractivity contribution in [2.75, 3.05) is 23.4 Å². The van der Waals surface area contributed by atoms with Crippen molar-refractivity contribution in [3.05, 3.63) is 95.1 Å². The first-order chi connectivity index (χ1) is 25.8. The number of benzene rings is 3. The smallest absolute Gasteiger partial charge is 0.420 e. The van der Waals surface area contributed by atoms with Crippen LogP contribution in [0.15, 0.2) is 72.8 Å². The molecule has 0 spiro atoms. The standard InChI is InChI=1S/C40H44N4O11/c1-25(45)53-32(33-35(47)43(18-19-51-33)31-15-11-14-27(21-31)36(48)52-24-26-12-9-8-10-13-26)34(46)42-30-17-16-28(22-41)29(20-30)23-44(37(49)54-39(2,3)4)38(50)55-40(5,6)7/h8-17,20-21,32-33H,18-19,23-24H2,1-7H3,(H,42,46)/t32-,33?/m1/s1. The third-order valence-electron chi connectivity index (χ3n) is 7.60. The van der Waals surface area contributed by atoms with E-state index in [0.29, 0.717) is 10.6 Å². The highest BCUT2D eigenvalue weighted by atomic mass is 16.6. The number of rotatable bonds is 10. The van der Waals surface area contributed by atoms with E-state index in [1.807, 2.05) is 36.4 Å². The number of nitrogens with zero attached hydrogens (tertiary/aromatic N) is 3. The molecule has 3 aromatic rings. The van der Waals surface area contributed by atoms with Gasteiger partial charge in [0.25, 0.3) is 11.8 Å². The molecule has 2 atom stereocenters. The molecule has 0 aromatic heterocycles. The fraction of sp³-hybridized carbons (Fsp3) is 0.375. The third-order valence-corrected chi connectivity index (χ3v) is 7.60. The van der Waals surface area contributed by atoms with E-state index in [1.54, 1.807) is 59.7 Å². The fourth-order valence-corrected chi connectivity index (χ4v) is 5.25. The minimum absolute atomic E-state index is 0.0453. The largest absolute Gasteiger partial charge is 0.457 e. The Bertz CT molecular complexity index is 1930. The molecule has 1 aliphatic heterocycles. The zero-order chi connectivity index (χ0) is 40.5. The van der Waals surface area contributed by atoms with Crippen molar-refractivity contribution in [3.8, 4) is 6.07 Å². The lowest BCUT2D eigenvalue weighted by Gasteiger charge is -2.35. The summed E-state index contributed by atoms with van der Waals surface area (Å²) in [6.07, 6.45) is -5.41. The van der Waals surface area contributed by atoms with Crippen LogP contribution in [0.1, 0.15) is 75.5 Å². The monoisotopic (exact) mass is 756 g/mol. The molecule has 1 saturated heterocycles. The SMILES string of the molecule is CC(=O)O[C@@H](C(=O)Nc1ccc(C#N)c(CN(C(=O)OC(C)(C)C)C(=O)OC(C)(C)C)c1)C1OCCN(c2cccc(C(=O)OCc3ccccc3)c2)C1=O. The van der Waals surface area contributed by atoms with Gasteiger partial charge in [0.2, 0.25) is 6.10 Å². The van der Waals surface area contributed by atoms with Gasteiger partial charge >= 0.3 is 24.1 Å². The minimum Gasteiger partial charge on any atom is -0.457 e. The van der Waals surface area contributed by atoms with Crippen LogP contribution in [0.4, 0.5) is 21.0 Å². The Kier molecular flexibility index (Phi) is 13.4. The second-order valence-electron chi connectivity index (χ2n) is 14.4. The summed E-state index contributed by atoms with van der Waals surface area (Å²) in [4.78, 5) is 81.0. The lowest BCUT2D eigenvalue weighted by atomic mass is 10.1. The molecular weight excluding hydrogens is 712 g/mol. The second-order valence-corrected chi connectivity index (χ2v) is 14.4. The van der Waals surface area contributed by atoms with Crippen LogP contribution in [0.3, 0.4) is 0 Å². The number of ether oxygens (including phenoxy) is 5. The molecule has 15 nitrogen and oxygen atoms in total. The first kappa shape index (κ1) is 41.5. The van der Waals surface area contributed by atoms with Crippen LogP contribution in [0, 0.1) is 11.3 Å². The number of imide groups is 1. The summed E-state index contributed by atoms with van der Waals surface area (Å²) < 4.78 is 27.3. The van der Waals surface area contributed by atoms with Crippen LogP contribution in [0.2, 0.25) is 0 Å². The van der Waals surface area contributed by atoms with Gasteiger partial charge in [-0.05, 0) is 89.1 Å². The lowest BCUT2D eigenvalue weighted by Crippen LogP contribution is -2.56. The number of hydrogen-bond donors (Lipinski definition) is 1. The van der Waals surface area contributed by atoms with E-state index in [0.717, 1.165) is 12.5 Å². The predicted molar refractivity (Wildman–Crippen MR) is 197 cm³/mol. The number of nitrogens with one attached hydrogen (secondary N) is 1. The maximum atomic E-state index is 13.9. The van der Waals surface area contributed by atoms with E-state index in [9.17, 15) is 34.0 Å². The normalized spacial score (nSPS) is 14.8.